The number of fused-ring (bicyclic) bond motifs is 1. The molecule has 1 aromatic heterocycles. The minimum Gasteiger partial charge on any atom is -0.383 e. The third-order valence-corrected chi connectivity index (χ3v) is 5.84. The Hall–Kier alpha value is -2.18. The van der Waals surface area contributed by atoms with Crippen LogP contribution in [0.4, 0.5) is 0 Å². The topological polar surface area (TPSA) is 59.4 Å². The third-order valence-electron chi connectivity index (χ3n) is 5.84. The van der Waals surface area contributed by atoms with Crippen molar-refractivity contribution in [2.45, 2.75) is 44.3 Å². The van der Waals surface area contributed by atoms with E-state index in [2.05, 4.69) is 39.1 Å². The highest BCUT2D eigenvalue weighted by Crippen LogP contribution is 2.28. The van der Waals surface area contributed by atoms with Crippen molar-refractivity contribution in [3.63, 3.8) is 0 Å². The van der Waals surface area contributed by atoms with E-state index in [1.807, 2.05) is 17.3 Å². The van der Waals surface area contributed by atoms with Crippen LogP contribution in [-0.2, 0) is 29.0 Å². The number of ether oxygens (including phenoxy) is 1. The Balaban J connectivity index is 1.34. The fourth-order valence-corrected chi connectivity index (χ4v) is 4.27. The van der Waals surface area contributed by atoms with Crippen molar-refractivity contribution in [1.29, 1.82) is 0 Å². The first-order valence-electron chi connectivity index (χ1n) is 9.85. The van der Waals surface area contributed by atoms with Gasteiger partial charge in [0.25, 0.3) is 0 Å². The number of hydrogen-bond acceptors (Lipinski definition) is 4. The molecule has 27 heavy (non-hydrogen) atoms. The maximum Gasteiger partial charge on any atom is 0.240 e. The first-order valence-corrected chi connectivity index (χ1v) is 9.85. The highest BCUT2D eigenvalue weighted by Gasteiger charge is 2.31. The summed E-state index contributed by atoms with van der Waals surface area (Å²) < 4.78 is 7.38. The fourth-order valence-electron chi connectivity index (χ4n) is 4.27. The highest BCUT2D eigenvalue weighted by atomic mass is 16.5. The Morgan fingerprint density at radius 3 is 2.81 bits per heavy atom. The van der Waals surface area contributed by atoms with Gasteiger partial charge in [-0.2, -0.15) is 0 Å². The molecule has 6 heteroatoms. The van der Waals surface area contributed by atoms with Gasteiger partial charge in [0.15, 0.2) is 0 Å². The molecule has 0 saturated carbocycles. The Bertz CT molecular complexity index is 780. The first kappa shape index (κ1) is 18.2. The Morgan fingerprint density at radius 2 is 2.04 bits per heavy atom. The molecule has 1 atom stereocenters. The van der Waals surface area contributed by atoms with Gasteiger partial charge in [0.1, 0.15) is 5.82 Å². The van der Waals surface area contributed by atoms with Crippen molar-refractivity contribution >= 4 is 5.91 Å². The Kier molecular flexibility index (Phi) is 5.55. The van der Waals surface area contributed by atoms with Gasteiger partial charge < -0.3 is 19.5 Å². The normalized spacial score (nSPS) is 20.5. The number of carbonyl (C=O) groups excluding carboxylic acids is 1. The summed E-state index contributed by atoms with van der Waals surface area (Å²) in [5, 5.41) is 3.42. The molecule has 144 valence electrons. The number of imidazole rings is 1. The SMILES string of the molecule is COCCn1ccnc1C1CCN(C(=O)[C@H]2Cc3ccccc3CN2)CC1. The second kappa shape index (κ2) is 8.23. The lowest BCUT2D eigenvalue weighted by atomic mass is 9.92. The van der Waals surface area contributed by atoms with Crippen molar-refractivity contribution in [2.75, 3.05) is 26.8 Å². The van der Waals surface area contributed by atoms with E-state index >= 15 is 0 Å². The smallest absolute Gasteiger partial charge is 0.240 e. The molecular weight excluding hydrogens is 340 g/mol. The van der Waals surface area contributed by atoms with Crippen LogP contribution in [0.25, 0.3) is 0 Å². The zero-order valence-electron chi connectivity index (χ0n) is 15.9. The monoisotopic (exact) mass is 368 g/mol. The number of nitrogens with zero attached hydrogens (tertiary/aromatic N) is 3. The van der Waals surface area contributed by atoms with Gasteiger partial charge >= 0.3 is 0 Å². The minimum atomic E-state index is -0.0971. The van der Waals surface area contributed by atoms with Gasteiger partial charge in [-0.15, -0.1) is 0 Å². The summed E-state index contributed by atoms with van der Waals surface area (Å²) in [6.07, 6.45) is 6.62. The van der Waals surface area contributed by atoms with Gasteiger partial charge in [-0.05, 0) is 30.4 Å². The van der Waals surface area contributed by atoms with Crippen molar-refractivity contribution < 1.29 is 9.53 Å². The maximum atomic E-state index is 13.0. The van der Waals surface area contributed by atoms with E-state index in [9.17, 15) is 4.79 Å². The minimum absolute atomic E-state index is 0.0971. The number of likely N-dealkylation sites (tertiary alicyclic amines) is 1. The number of piperidine rings is 1. The molecule has 0 radical (unpaired) electrons. The van der Waals surface area contributed by atoms with Crippen LogP contribution in [-0.4, -0.2) is 53.2 Å². The number of nitrogens with one attached hydrogen (secondary N) is 1. The molecule has 1 amide bonds. The van der Waals surface area contributed by atoms with Crippen molar-refractivity contribution in [2.24, 2.45) is 0 Å². The molecule has 2 aromatic rings. The molecule has 3 heterocycles. The number of hydrogen-bond donors (Lipinski definition) is 1. The molecule has 0 bridgehead atoms. The van der Waals surface area contributed by atoms with Gasteiger partial charge in [0.05, 0.1) is 12.6 Å². The molecule has 4 rings (SSSR count). The van der Waals surface area contributed by atoms with E-state index in [4.69, 9.17) is 4.74 Å². The highest BCUT2D eigenvalue weighted by molar-refractivity contribution is 5.82. The van der Waals surface area contributed by atoms with E-state index in [0.29, 0.717) is 12.5 Å². The van der Waals surface area contributed by atoms with Gasteiger partial charge in [0, 0.05) is 51.6 Å². The van der Waals surface area contributed by atoms with Crippen molar-refractivity contribution in [3.05, 3.63) is 53.6 Å². The Morgan fingerprint density at radius 1 is 1.26 bits per heavy atom. The van der Waals surface area contributed by atoms with E-state index < -0.39 is 0 Å². The predicted molar refractivity (Wildman–Crippen MR) is 103 cm³/mol. The predicted octanol–water partition coefficient (Wildman–Crippen LogP) is 1.95. The van der Waals surface area contributed by atoms with Gasteiger partial charge in [-0.3, -0.25) is 4.79 Å². The molecule has 1 fully saturated rings. The molecule has 1 saturated heterocycles. The quantitative estimate of drug-likeness (QED) is 0.876. The van der Waals surface area contributed by atoms with Gasteiger partial charge in [-0.1, -0.05) is 24.3 Å². The Labute approximate surface area is 160 Å². The summed E-state index contributed by atoms with van der Waals surface area (Å²) in [5.74, 6) is 1.79. The van der Waals surface area contributed by atoms with Crippen LogP contribution >= 0.6 is 0 Å². The molecule has 0 spiro atoms. The number of rotatable bonds is 5. The lowest BCUT2D eigenvalue weighted by molar-refractivity contribution is -0.134. The number of carbonyl (C=O) groups is 1. The van der Waals surface area contributed by atoms with Crippen molar-refractivity contribution in [3.8, 4) is 0 Å². The van der Waals surface area contributed by atoms with Crippen LogP contribution in [0.1, 0.15) is 35.7 Å². The van der Waals surface area contributed by atoms with E-state index in [1.165, 1.54) is 11.1 Å². The molecule has 0 aliphatic carbocycles. The van der Waals surface area contributed by atoms with Crippen LogP contribution in [0, 0.1) is 0 Å². The summed E-state index contributed by atoms with van der Waals surface area (Å²) in [6.45, 7) is 3.91. The van der Waals surface area contributed by atoms with Crippen LogP contribution in [0.3, 0.4) is 0 Å². The van der Waals surface area contributed by atoms with Gasteiger partial charge in [0.2, 0.25) is 5.91 Å². The molecule has 1 N–H and O–H groups in total. The summed E-state index contributed by atoms with van der Waals surface area (Å²) in [4.78, 5) is 19.6. The van der Waals surface area contributed by atoms with Crippen LogP contribution in [0.2, 0.25) is 0 Å². The summed E-state index contributed by atoms with van der Waals surface area (Å²) in [5.41, 5.74) is 2.60. The largest absolute Gasteiger partial charge is 0.383 e. The number of amides is 1. The molecule has 2 aliphatic rings. The molecule has 6 nitrogen and oxygen atoms in total. The fraction of sp³-hybridized carbons (Fsp3) is 0.524. The van der Waals surface area contributed by atoms with E-state index in [1.54, 1.807) is 7.11 Å². The maximum absolute atomic E-state index is 13.0. The van der Waals surface area contributed by atoms with E-state index in [0.717, 1.165) is 51.3 Å². The number of aromatic nitrogens is 2. The first-order chi connectivity index (χ1) is 13.3. The zero-order valence-corrected chi connectivity index (χ0v) is 15.9. The van der Waals surface area contributed by atoms with Crippen LogP contribution in [0.5, 0.6) is 0 Å². The molecule has 1 aromatic carbocycles. The molecule has 0 unspecified atom stereocenters. The lowest BCUT2D eigenvalue weighted by Gasteiger charge is -2.35. The average Bonchev–Trinajstić information content (AvgIpc) is 3.20. The summed E-state index contributed by atoms with van der Waals surface area (Å²) in [6, 6.07) is 8.30. The summed E-state index contributed by atoms with van der Waals surface area (Å²) in [7, 11) is 1.72. The standard InChI is InChI=1S/C21H28N4O2/c1-27-13-12-24-11-8-22-20(24)16-6-9-25(10-7-16)21(26)19-14-17-4-2-3-5-18(17)15-23-19/h2-5,8,11,16,19,23H,6-7,9-10,12-15H2,1H3/t19-/m1/s1. The van der Waals surface area contributed by atoms with Crippen LogP contribution in [0.15, 0.2) is 36.7 Å². The number of benzene rings is 1. The van der Waals surface area contributed by atoms with Crippen molar-refractivity contribution in [1.82, 2.24) is 19.8 Å². The third kappa shape index (κ3) is 3.92. The molecule has 2 aliphatic heterocycles. The average molecular weight is 368 g/mol. The molecular formula is C21H28N4O2. The zero-order chi connectivity index (χ0) is 18.6. The van der Waals surface area contributed by atoms with E-state index in [-0.39, 0.29) is 11.9 Å². The lowest BCUT2D eigenvalue weighted by Crippen LogP contribution is -2.51. The van der Waals surface area contributed by atoms with Gasteiger partial charge in [-0.25, -0.2) is 4.98 Å². The van der Waals surface area contributed by atoms with Crippen LogP contribution < -0.4 is 5.32 Å². The number of methoxy groups -OCH3 is 1. The summed E-state index contributed by atoms with van der Waals surface area (Å²) >= 11 is 0. The second-order valence-electron chi connectivity index (χ2n) is 7.48. The second-order valence-corrected chi connectivity index (χ2v) is 7.48.